The first-order valence-electron chi connectivity index (χ1n) is 8.26. The molecule has 7 heteroatoms. The summed E-state index contributed by atoms with van der Waals surface area (Å²) in [5, 5.41) is 5.38. The number of hydrogen-bond acceptors (Lipinski definition) is 4. The Hall–Kier alpha value is -3.35. The van der Waals surface area contributed by atoms with E-state index in [1.165, 1.54) is 6.26 Å². The molecule has 26 heavy (non-hydrogen) atoms. The number of rotatable bonds is 6. The van der Waals surface area contributed by atoms with E-state index in [1.54, 1.807) is 19.2 Å². The van der Waals surface area contributed by atoms with Gasteiger partial charge >= 0.3 is 0 Å². The van der Waals surface area contributed by atoms with Crippen molar-refractivity contribution in [1.82, 2.24) is 20.6 Å². The number of benzene rings is 1. The first-order valence-corrected chi connectivity index (χ1v) is 8.26. The van der Waals surface area contributed by atoms with E-state index in [1.807, 2.05) is 37.3 Å². The van der Waals surface area contributed by atoms with Crippen LogP contribution in [-0.2, 0) is 4.79 Å². The number of carbonyl (C=O) groups is 2. The van der Waals surface area contributed by atoms with Crippen LogP contribution in [0.2, 0.25) is 0 Å². The maximum absolute atomic E-state index is 12.1. The molecule has 1 aromatic carbocycles. The number of furan rings is 1. The molecule has 3 N–H and O–H groups in total. The number of nitrogens with zero attached hydrogens (tertiary/aromatic N) is 1. The van der Waals surface area contributed by atoms with Crippen LogP contribution in [0.4, 0.5) is 0 Å². The van der Waals surface area contributed by atoms with Gasteiger partial charge in [-0.15, -0.1) is 0 Å². The molecule has 0 aliphatic carbocycles. The van der Waals surface area contributed by atoms with Gasteiger partial charge in [0.15, 0.2) is 0 Å². The summed E-state index contributed by atoms with van der Waals surface area (Å²) < 4.78 is 5.08. The zero-order valence-electron chi connectivity index (χ0n) is 14.6. The summed E-state index contributed by atoms with van der Waals surface area (Å²) >= 11 is 0. The predicted molar refractivity (Wildman–Crippen MR) is 96.4 cm³/mol. The fourth-order valence-electron chi connectivity index (χ4n) is 2.56. The molecule has 2 amide bonds. The lowest BCUT2D eigenvalue weighted by Gasteiger charge is -2.12. The van der Waals surface area contributed by atoms with Gasteiger partial charge < -0.3 is 20.0 Å². The quantitative estimate of drug-likeness (QED) is 0.635. The van der Waals surface area contributed by atoms with Crippen molar-refractivity contribution in [3.8, 4) is 11.3 Å². The number of aryl methyl sites for hydroxylation is 1. The van der Waals surface area contributed by atoms with Crippen molar-refractivity contribution < 1.29 is 14.0 Å². The lowest BCUT2D eigenvalue weighted by Crippen LogP contribution is -2.38. The van der Waals surface area contributed by atoms with Crippen LogP contribution in [0.1, 0.15) is 34.9 Å². The molecule has 7 nitrogen and oxygen atoms in total. The van der Waals surface area contributed by atoms with E-state index in [4.69, 9.17) is 4.42 Å². The Morgan fingerprint density at radius 1 is 1.23 bits per heavy atom. The lowest BCUT2D eigenvalue weighted by atomic mass is 10.2. The van der Waals surface area contributed by atoms with Crippen molar-refractivity contribution in [3.05, 3.63) is 66.0 Å². The van der Waals surface area contributed by atoms with Gasteiger partial charge in [-0.05, 0) is 25.5 Å². The van der Waals surface area contributed by atoms with E-state index >= 15 is 0 Å². The Balaban J connectivity index is 1.54. The van der Waals surface area contributed by atoms with E-state index < -0.39 is 0 Å². The summed E-state index contributed by atoms with van der Waals surface area (Å²) in [5.41, 5.74) is 2.32. The van der Waals surface area contributed by atoms with Crippen molar-refractivity contribution in [3.63, 3.8) is 0 Å². The molecule has 0 fully saturated rings. The van der Waals surface area contributed by atoms with Gasteiger partial charge in [0.1, 0.15) is 11.6 Å². The number of hydrogen-bond donors (Lipinski definition) is 3. The number of nitrogens with one attached hydrogen (secondary N) is 3. The van der Waals surface area contributed by atoms with Crippen LogP contribution < -0.4 is 10.6 Å². The van der Waals surface area contributed by atoms with Crippen molar-refractivity contribution >= 4 is 11.8 Å². The minimum absolute atomic E-state index is 0.125. The van der Waals surface area contributed by atoms with Crippen LogP contribution in [0.5, 0.6) is 0 Å². The van der Waals surface area contributed by atoms with Crippen molar-refractivity contribution in [2.24, 2.45) is 0 Å². The third-order valence-corrected chi connectivity index (χ3v) is 3.98. The zero-order valence-corrected chi connectivity index (χ0v) is 14.6. The van der Waals surface area contributed by atoms with Crippen LogP contribution in [0.15, 0.2) is 53.3 Å². The van der Waals surface area contributed by atoms with Crippen molar-refractivity contribution in [1.29, 1.82) is 0 Å². The van der Waals surface area contributed by atoms with Gasteiger partial charge in [-0.1, -0.05) is 30.3 Å². The van der Waals surface area contributed by atoms with Gasteiger partial charge in [0.2, 0.25) is 5.91 Å². The van der Waals surface area contributed by atoms with Crippen LogP contribution in [0.25, 0.3) is 11.3 Å². The number of amides is 2. The number of aromatic amines is 1. The van der Waals surface area contributed by atoms with Crippen LogP contribution in [-0.4, -0.2) is 28.3 Å². The normalized spacial score (nSPS) is 11.8. The minimum Gasteiger partial charge on any atom is -0.469 e. The summed E-state index contributed by atoms with van der Waals surface area (Å²) in [6.07, 6.45) is 3.17. The minimum atomic E-state index is -0.344. The Kier molecular flexibility index (Phi) is 5.17. The molecule has 2 aromatic heterocycles. The molecule has 0 aliphatic rings. The molecule has 0 bridgehead atoms. The molecule has 1 atom stereocenters. The van der Waals surface area contributed by atoms with Gasteiger partial charge in [0.25, 0.3) is 5.91 Å². The second-order valence-electron chi connectivity index (χ2n) is 5.91. The standard InChI is InChI=1S/C19H20N4O3/c1-12(18-20-10-16(23-18)14-6-4-3-5-7-14)22-17(24)11-21-19(25)15-8-9-26-13(15)2/h3-10,12H,11H2,1-2H3,(H,20,23)(H,21,25)(H,22,24). The number of aromatic nitrogens is 2. The second-order valence-corrected chi connectivity index (χ2v) is 5.91. The van der Waals surface area contributed by atoms with Gasteiger partial charge in [-0.3, -0.25) is 9.59 Å². The fraction of sp³-hybridized carbons (Fsp3) is 0.211. The molecule has 0 saturated carbocycles. The monoisotopic (exact) mass is 352 g/mol. The molecule has 0 saturated heterocycles. The summed E-state index contributed by atoms with van der Waals surface area (Å²) in [6, 6.07) is 11.1. The maximum atomic E-state index is 12.1. The molecule has 2 heterocycles. The van der Waals surface area contributed by atoms with E-state index in [-0.39, 0.29) is 24.4 Å². The van der Waals surface area contributed by atoms with E-state index in [0.717, 1.165) is 11.3 Å². The molecule has 3 rings (SSSR count). The summed E-state index contributed by atoms with van der Waals surface area (Å²) in [6.45, 7) is 3.39. The predicted octanol–water partition coefficient (Wildman–Crippen LogP) is 2.59. The summed E-state index contributed by atoms with van der Waals surface area (Å²) in [5.74, 6) is 0.516. The Bertz CT molecular complexity index is 898. The van der Waals surface area contributed by atoms with Crippen molar-refractivity contribution in [2.75, 3.05) is 6.54 Å². The number of H-pyrrole nitrogens is 1. The molecule has 1 unspecified atom stereocenters. The highest BCUT2D eigenvalue weighted by molar-refractivity contribution is 5.97. The van der Waals surface area contributed by atoms with Crippen LogP contribution >= 0.6 is 0 Å². The van der Waals surface area contributed by atoms with Gasteiger partial charge in [0, 0.05) is 0 Å². The van der Waals surface area contributed by atoms with E-state index in [0.29, 0.717) is 17.1 Å². The van der Waals surface area contributed by atoms with Gasteiger partial charge in [-0.2, -0.15) is 0 Å². The van der Waals surface area contributed by atoms with Gasteiger partial charge in [-0.25, -0.2) is 4.98 Å². The Morgan fingerprint density at radius 2 is 2.00 bits per heavy atom. The summed E-state index contributed by atoms with van der Waals surface area (Å²) in [7, 11) is 0. The molecular formula is C19H20N4O3. The molecule has 0 radical (unpaired) electrons. The molecule has 134 valence electrons. The van der Waals surface area contributed by atoms with E-state index in [2.05, 4.69) is 20.6 Å². The molecule has 3 aromatic rings. The fourth-order valence-corrected chi connectivity index (χ4v) is 2.56. The average Bonchev–Trinajstić information content (AvgIpc) is 3.29. The first-order chi connectivity index (χ1) is 12.5. The third-order valence-electron chi connectivity index (χ3n) is 3.98. The number of carbonyl (C=O) groups excluding carboxylic acids is 2. The largest absolute Gasteiger partial charge is 0.469 e. The molecule has 0 spiro atoms. The van der Waals surface area contributed by atoms with Gasteiger partial charge in [0.05, 0.1) is 36.3 Å². The Labute approximate surface area is 150 Å². The molecular weight excluding hydrogens is 332 g/mol. The molecule has 0 aliphatic heterocycles. The first kappa shape index (κ1) is 17.5. The van der Waals surface area contributed by atoms with Crippen LogP contribution in [0.3, 0.4) is 0 Å². The maximum Gasteiger partial charge on any atom is 0.255 e. The zero-order chi connectivity index (χ0) is 18.5. The lowest BCUT2D eigenvalue weighted by molar-refractivity contribution is -0.120. The average molecular weight is 352 g/mol. The highest BCUT2D eigenvalue weighted by Crippen LogP contribution is 2.18. The van der Waals surface area contributed by atoms with E-state index in [9.17, 15) is 9.59 Å². The smallest absolute Gasteiger partial charge is 0.255 e. The van der Waals surface area contributed by atoms with Crippen molar-refractivity contribution in [2.45, 2.75) is 19.9 Å². The second kappa shape index (κ2) is 7.69. The highest BCUT2D eigenvalue weighted by Gasteiger charge is 2.16. The SMILES string of the molecule is Cc1occc1C(=O)NCC(=O)NC(C)c1ncc(-c2ccccc2)[nH]1. The summed E-state index contributed by atoms with van der Waals surface area (Å²) in [4.78, 5) is 31.6. The van der Waals surface area contributed by atoms with Crippen LogP contribution in [0, 0.1) is 6.92 Å². The topological polar surface area (TPSA) is 100 Å². The highest BCUT2D eigenvalue weighted by atomic mass is 16.3. The third kappa shape index (κ3) is 4.00. The number of imidazole rings is 1. The Morgan fingerprint density at radius 3 is 2.69 bits per heavy atom.